The highest BCUT2D eigenvalue weighted by molar-refractivity contribution is 7.20. The van der Waals surface area contributed by atoms with Gasteiger partial charge in [-0.15, -0.1) is 0 Å². The van der Waals surface area contributed by atoms with Crippen molar-refractivity contribution in [3.63, 3.8) is 0 Å². The van der Waals surface area contributed by atoms with Crippen molar-refractivity contribution in [2.24, 2.45) is 0 Å². The molecule has 0 aliphatic rings. The van der Waals surface area contributed by atoms with Crippen molar-refractivity contribution >= 4 is 80.1 Å². The number of aromatic nitrogens is 2. The SMILES string of the molecule is c1ccc([Si](c2ccccc2)(c2ccccc2)c2ccc3c(n2)oc2ccc([Si](c4ccccc4)(c4ccccc4)c4ccccc4)nc23)cc1. The van der Waals surface area contributed by atoms with Crippen LogP contribution >= 0.6 is 0 Å². The molecule has 3 aromatic heterocycles. The molecule has 0 aliphatic heterocycles. The lowest BCUT2D eigenvalue weighted by Gasteiger charge is -2.33. The van der Waals surface area contributed by atoms with E-state index in [1.54, 1.807) is 0 Å². The first-order valence-electron chi connectivity index (χ1n) is 17.3. The topological polar surface area (TPSA) is 38.9 Å². The zero-order chi connectivity index (χ0) is 34.1. The minimum absolute atomic E-state index is 0.609. The van der Waals surface area contributed by atoms with Gasteiger partial charge in [-0.3, -0.25) is 4.98 Å². The second-order valence-corrected chi connectivity index (χ2v) is 20.4. The van der Waals surface area contributed by atoms with Gasteiger partial charge in [0.15, 0.2) is 5.58 Å². The van der Waals surface area contributed by atoms with Gasteiger partial charge in [0, 0.05) is 10.6 Å². The van der Waals surface area contributed by atoms with Gasteiger partial charge in [-0.25, -0.2) is 4.98 Å². The molecule has 0 saturated heterocycles. The molecule has 3 nitrogen and oxygen atoms in total. The number of fused-ring (bicyclic) bond motifs is 3. The molecule has 6 aromatic carbocycles. The third-order valence-electron chi connectivity index (χ3n) is 10.2. The Kier molecular flexibility index (Phi) is 7.84. The predicted molar refractivity (Wildman–Crippen MR) is 217 cm³/mol. The molecule has 5 heteroatoms. The van der Waals surface area contributed by atoms with Crippen LogP contribution in [0.5, 0.6) is 0 Å². The van der Waals surface area contributed by atoms with Crippen LogP contribution in [0.3, 0.4) is 0 Å². The maximum atomic E-state index is 6.64. The van der Waals surface area contributed by atoms with Crippen molar-refractivity contribution in [1.29, 1.82) is 0 Å². The summed E-state index contributed by atoms with van der Waals surface area (Å²) in [6.07, 6.45) is 0. The van der Waals surface area contributed by atoms with Gasteiger partial charge in [-0.05, 0) is 55.4 Å². The van der Waals surface area contributed by atoms with E-state index in [0.717, 1.165) is 27.1 Å². The third-order valence-corrected chi connectivity index (χ3v) is 19.5. The van der Waals surface area contributed by atoms with Crippen molar-refractivity contribution in [1.82, 2.24) is 9.97 Å². The monoisotopic (exact) mass is 686 g/mol. The molecule has 0 fully saturated rings. The summed E-state index contributed by atoms with van der Waals surface area (Å²) >= 11 is 0. The van der Waals surface area contributed by atoms with Crippen molar-refractivity contribution in [2.45, 2.75) is 0 Å². The number of benzene rings is 6. The molecule has 0 bridgehead atoms. The fourth-order valence-corrected chi connectivity index (χ4v) is 17.1. The first-order chi connectivity index (χ1) is 25.3. The van der Waals surface area contributed by atoms with E-state index in [0.29, 0.717) is 5.71 Å². The molecular formula is C46H34N2OSi2. The highest BCUT2D eigenvalue weighted by Crippen LogP contribution is 2.25. The minimum atomic E-state index is -2.82. The number of furan rings is 1. The average Bonchev–Trinajstić information content (AvgIpc) is 3.59. The summed E-state index contributed by atoms with van der Waals surface area (Å²) in [4.78, 5) is 11.0. The van der Waals surface area contributed by atoms with E-state index in [4.69, 9.17) is 14.4 Å². The van der Waals surface area contributed by atoms with Crippen LogP contribution in [0.1, 0.15) is 0 Å². The van der Waals surface area contributed by atoms with E-state index < -0.39 is 16.1 Å². The lowest BCUT2D eigenvalue weighted by atomic mass is 10.3. The van der Waals surface area contributed by atoms with Gasteiger partial charge in [-0.1, -0.05) is 182 Å². The van der Waals surface area contributed by atoms with E-state index >= 15 is 0 Å². The zero-order valence-corrected chi connectivity index (χ0v) is 29.9. The van der Waals surface area contributed by atoms with Crippen LogP contribution < -0.4 is 41.8 Å². The number of pyridine rings is 2. The molecule has 0 saturated carbocycles. The normalized spacial score (nSPS) is 11.9. The number of hydrogen-bond donors (Lipinski definition) is 0. The zero-order valence-electron chi connectivity index (χ0n) is 27.9. The fraction of sp³-hybridized carbons (Fsp3) is 0. The summed E-state index contributed by atoms with van der Waals surface area (Å²) in [6, 6.07) is 74.0. The van der Waals surface area contributed by atoms with Crippen LogP contribution in [0.15, 0.2) is 211 Å². The molecule has 3 heterocycles. The van der Waals surface area contributed by atoms with Crippen molar-refractivity contribution < 1.29 is 4.42 Å². The highest BCUT2D eigenvalue weighted by atomic mass is 28.3. The quantitative estimate of drug-likeness (QED) is 0.165. The molecule has 0 aliphatic carbocycles. The Morgan fingerprint density at radius 2 is 0.627 bits per heavy atom. The Hall–Kier alpha value is -6.15. The van der Waals surface area contributed by atoms with Gasteiger partial charge in [0.05, 0.1) is 5.39 Å². The van der Waals surface area contributed by atoms with E-state index in [9.17, 15) is 0 Å². The van der Waals surface area contributed by atoms with E-state index in [1.165, 1.54) is 31.1 Å². The highest BCUT2D eigenvalue weighted by Gasteiger charge is 2.44. The van der Waals surface area contributed by atoms with Gasteiger partial charge in [0.25, 0.3) is 0 Å². The number of nitrogens with zero attached hydrogens (tertiary/aromatic N) is 2. The fourth-order valence-electron chi connectivity index (χ4n) is 7.96. The Bertz CT molecular complexity index is 2370. The molecule has 9 aromatic rings. The van der Waals surface area contributed by atoms with Gasteiger partial charge in [0.1, 0.15) is 5.52 Å². The molecule has 0 amide bonds. The molecule has 242 valence electrons. The van der Waals surface area contributed by atoms with Crippen molar-refractivity contribution in [2.75, 3.05) is 0 Å². The van der Waals surface area contributed by atoms with Crippen molar-refractivity contribution in [3.8, 4) is 0 Å². The van der Waals surface area contributed by atoms with Gasteiger partial charge < -0.3 is 4.42 Å². The van der Waals surface area contributed by atoms with Crippen LogP contribution in [-0.4, -0.2) is 26.1 Å². The van der Waals surface area contributed by atoms with Crippen LogP contribution in [0, 0.1) is 0 Å². The summed E-state index contributed by atoms with van der Waals surface area (Å²) in [6.45, 7) is 0. The van der Waals surface area contributed by atoms with E-state index in [-0.39, 0.29) is 0 Å². The first-order valence-corrected chi connectivity index (χ1v) is 21.3. The Balaban J connectivity index is 1.31. The summed E-state index contributed by atoms with van der Waals surface area (Å²) in [5.41, 5.74) is 2.19. The summed E-state index contributed by atoms with van der Waals surface area (Å²) in [5, 5.41) is 10.7. The molecule has 9 rings (SSSR count). The molecule has 0 spiro atoms. The summed E-state index contributed by atoms with van der Waals surface area (Å²) in [5.74, 6) is 0. The Labute approximate surface area is 299 Å². The summed E-state index contributed by atoms with van der Waals surface area (Å²) < 4.78 is 6.64. The number of rotatable bonds is 8. The minimum Gasteiger partial charge on any atom is -0.436 e. The smallest absolute Gasteiger partial charge is 0.228 e. The Morgan fingerprint density at radius 1 is 0.314 bits per heavy atom. The standard InChI is InChI=1S/C46H34N2OSi2/c1-7-19-35(20-8-1)50(36-21-9-2-10-22-36,37-23-11-3-12-24-37)43-34-32-42-45(47-43)41-31-33-44(48-46(41)49-42)51(38-25-13-4-14-26-38,39-27-15-5-16-28-39)40-29-17-6-18-30-40/h1-34H. The lowest BCUT2D eigenvalue weighted by molar-refractivity contribution is 0.654. The molecule has 0 atom stereocenters. The second kappa shape index (κ2) is 13.0. The predicted octanol–water partition coefficient (Wildman–Crippen LogP) is 5.13. The molecule has 0 radical (unpaired) electrons. The average molecular weight is 687 g/mol. The van der Waals surface area contributed by atoms with Gasteiger partial charge >= 0.3 is 0 Å². The first kappa shape index (κ1) is 30.9. The van der Waals surface area contributed by atoms with Crippen LogP contribution in [0.2, 0.25) is 0 Å². The second-order valence-electron chi connectivity index (χ2n) is 12.9. The molecule has 0 N–H and O–H groups in total. The lowest BCUT2D eigenvalue weighted by Crippen LogP contribution is -2.75. The van der Waals surface area contributed by atoms with E-state index in [2.05, 4.69) is 206 Å². The van der Waals surface area contributed by atoms with Crippen LogP contribution in [0.4, 0.5) is 0 Å². The largest absolute Gasteiger partial charge is 0.436 e. The summed E-state index contributed by atoms with van der Waals surface area (Å²) in [7, 11) is -5.64. The van der Waals surface area contributed by atoms with Gasteiger partial charge in [0.2, 0.25) is 21.9 Å². The third kappa shape index (κ3) is 5.01. The Morgan fingerprint density at radius 3 is 0.980 bits per heavy atom. The van der Waals surface area contributed by atoms with E-state index in [1.807, 2.05) is 0 Å². The van der Waals surface area contributed by atoms with Crippen LogP contribution in [0.25, 0.3) is 22.2 Å². The molecular weight excluding hydrogens is 653 g/mol. The number of hydrogen-bond acceptors (Lipinski definition) is 3. The van der Waals surface area contributed by atoms with Crippen molar-refractivity contribution in [3.05, 3.63) is 206 Å². The maximum absolute atomic E-state index is 6.64. The van der Waals surface area contributed by atoms with Crippen LogP contribution in [-0.2, 0) is 0 Å². The maximum Gasteiger partial charge on any atom is 0.228 e. The van der Waals surface area contributed by atoms with Gasteiger partial charge in [-0.2, -0.15) is 0 Å². The molecule has 0 unspecified atom stereocenters. The molecule has 51 heavy (non-hydrogen) atoms.